The molecule has 0 saturated heterocycles. The lowest BCUT2D eigenvalue weighted by molar-refractivity contribution is 0.168. The maximum absolute atomic E-state index is 11.7. The number of nitrogens with zero attached hydrogens (tertiary/aromatic N) is 1. The largest absolute Gasteiger partial charge is 0.450 e. The summed E-state index contributed by atoms with van der Waals surface area (Å²) in [6.07, 6.45) is -0.604. The number of anilines is 4. The maximum Gasteiger partial charge on any atom is 0.412 e. The number of aromatic nitrogens is 1. The van der Waals surface area contributed by atoms with E-state index in [4.69, 9.17) is 16.2 Å². The van der Waals surface area contributed by atoms with Crippen molar-refractivity contribution in [2.24, 2.45) is 0 Å². The Morgan fingerprint density at radius 3 is 2.14 bits per heavy atom. The summed E-state index contributed by atoms with van der Waals surface area (Å²) in [5, 5.41) is 5.91. The van der Waals surface area contributed by atoms with E-state index in [2.05, 4.69) is 15.6 Å². The van der Waals surface area contributed by atoms with Gasteiger partial charge in [0, 0.05) is 6.07 Å². The van der Waals surface area contributed by atoms with Crippen LogP contribution in [0.1, 0.15) is 24.1 Å². The molecule has 1 amide bonds. The summed E-state index contributed by atoms with van der Waals surface area (Å²) in [6.45, 7) is 1.98. The number of amides is 1. The number of nitrogen functional groups attached to an aromatic ring is 2. The summed E-state index contributed by atoms with van der Waals surface area (Å²) in [5.74, 6) is 0.636. The van der Waals surface area contributed by atoms with E-state index in [0.29, 0.717) is 17.2 Å². The van der Waals surface area contributed by atoms with Crippen LogP contribution in [0, 0.1) is 0 Å². The predicted molar refractivity (Wildman–Crippen MR) is 112 cm³/mol. The summed E-state index contributed by atoms with van der Waals surface area (Å²) in [5.41, 5.74) is 14.9. The van der Waals surface area contributed by atoms with Crippen molar-refractivity contribution < 1.29 is 9.53 Å². The Kier molecular flexibility index (Phi) is 5.96. The Balaban J connectivity index is 1.96. The Hall–Kier alpha value is -3.74. The number of carbonyl (C=O) groups excluding carboxylic acids is 1. The van der Waals surface area contributed by atoms with Crippen LogP contribution in [0.3, 0.4) is 0 Å². The molecule has 1 aromatic heterocycles. The Labute approximate surface area is 163 Å². The molecular weight excluding hydrogens is 354 g/mol. The molecule has 0 bridgehead atoms. The summed E-state index contributed by atoms with van der Waals surface area (Å²) in [6, 6.07) is 21.2. The molecule has 7 nitrogen and oxygen atoms in total. The molecule has 3 rings (SSSR count). The lowest BCUT2D eigenvalue weighted by Crippen LogP contribution is -2.18. The molecule has 0 aliphatic carbocycles. The van der Waals surface area contributed by atoms with Crippen LogP contribution >= 0.6 is 0 Å². The van der Waals surface area contributed by atoms with Gasteiger partial charge in [-0.25, -0.2) is 9.78 Å². The lowest BCUT2D eigenvalue weighted by Gasteiger charge is -2.22. The topological polar surface area (TPSA) is 115 Å². The normalized spacial score (nSPS) is 10.5. The standard InChI is InChI=1S/C21H23N5O2/c1-2-28-21(27)25-17-13-16(22)18(23)20(24-17)26-19(14-9-5-3-6-10-14)15-11-7-4-8-12-15/h3-13,19H,2,23H2,1H3,(H4,22,24,25,26,27). The Bertz CT molecular complexity index is 893. The van der Waals surface area contributed by atoms with E-state index < -0.39 is 6.09 Å². The van der Waals surface area contributed by atoms with Crippen molar-refractivity contribution in [2.45, 2.75) is 13.0 Å². The van der Waals surface area contributed by atoms with E-state index in [9.17, 15) is 4.79 Å². The molecule has 7 heteroatoms. The zero-order chi connectivity index (χ0) is 19.9. The van der Waals surface area contributed by atoms with Crippen LogP contribution in [-0.4, -0.2) is 17.7 Å². The third kappa shape index (κ3) is 4.50. The van der Waals surface area contributed by atoms with E-state index in [0.717, 1.165) is 11.1 Å². The van der Waals surface area contributed by atoms with Crippen LogP contribution in [0.2, 0.25) is 0 Å². The maximum atomic E-state index is 11.7. The molecule has 0 fully saturated rings. The third-order valence-corrected chi connectivity index (χ3v) is 4.14. The fourth-order valence-electron chi connectivity index (χ4n) is 2.81. The van der Waals surface area contributed by atoms with Crippen LogP contribution in [0.15, 0.2) is 66.7 Å². The van der Waals surface area contributed by atoms with Crippen LogP contribution in [0.5, 0.6) is 0 Å². The highest BCUT2D eigenvalue weighted by Crippen LogP contribution is 2.32. The molecule has 0 spiro atoms. The molecule has 0 aliphatic heterocycles. The minimum absolute atomic E-state index is 0.200. The van der Waals surface area contributed by atoms with Crippen molar-refractivity contribution in [1.29, 1.82) is 0 Å². The number of pyridine rings is 1. The first-order valence-corrected chi connectivity index (χ1v) is 8.94. The van der Waals surface area contributed by atoms with Crippen LogP contribution < -0.4 is 22.1 Å². The Morgan fingerprint density at radius 2 is 1.61 bits per heavy atom. The molecule has 0 aliphatic rings. The van der Waals surface area contributed by atoms with E-state index in [1.54, 1.807) is 6.92 Å². The number of rotatable bonds is 6. The first-order valence-electron chi connectivity index (χ1n) is 8.94. The zero-order valence-electron chi connectivity index (χ0n) is 15.6. The van der Waals surface area contributed by atoms with Gasteiger partial charge in [0.05, 0.1) is 24.0 Å². The number of hydrogen-bond acceptors (Lipinski definition) is 6. The number of ether oxygens (including phenoxy) is 1. The lowest BCUT2D eigenvalue weighted by atomic mass is 9.98. The molecule has 0 saturated carbocycles. The monoisotopic (exact) mass is 377 g/mol. The molecule has 3 aromatic rings. The fourth-order valence-corrected chi connectivity index (χ4v) is 2.81. The van der Waals surface area contributed by atoms with Gasteiger partial charge in [0.1, 0.15) is 5.82 Å². The highest BCUT2D eigenvalue weighted by Gasteiger charge is 2.18. The predicted octanol–water partition coefficient (Wildman–Crippen LogP) is 4.02. The van der Waals surface area contributed by atoms with Crippen molar-refractivity contribution in [3.63, 3.8) is 0 Å². The molecule has 0 atom stereocenters. The van der Waals surface area contributed by atoms with Gasteiger partial charge < -0.3 is 21.5 Å². The van der Waals surface area contributed by atoms with Gasteiger partial charge in [-0.3, -0.25) is 5.32 Å². The van der Waals surface area contributed by atoms with Crippen molar-refractivity contribution in [3.05, 3.63) is 77.9 Å². The van der Waals surface area contributed by atoms with Gasteiger partial charge in [-0.1, -0.05) is 60.7 Å². The van der Waals surface area contributed by atoms with E-state index in [-0.39, 0.29) is 18.5 Å². The highest BCUT2D eigenvalue weighted by molar-refractivity contribution is 5.87. The van der Waals surface area contributed by atoms with Gasteiger partial charge in [0.2, 0.25) is 0 Å². The number of nitrogens with one attached hydrogen (secondary N) is 2. The van der Waals surface area contributed by atoms with Crippen LogP contribution in [0.4, 0.5) is 27.8 Å². The second kappa shape index (κ2) is 8.77. The SMILES string of the molecule is CCOC(=O)Nc1cc(N)c(N)c(NC(c2ccccc2)c2ccccc2)n1. The molecule has 1 heterocycles. The minimum atomic E-state index is -0.604. The summed E-state index contributed by atoms with van der Waals surface area (Å²) < 4.78 is 4.89. The van der Waals surface area contributed by atoms with Gasteiger partial charge in [-0.15, -0.1) is 0 Å². The first kappa shape index (κ1) is 19.0. The van der Waals surface area contributed by atoms with Gasteiger partial charge in [0.15, 0.2) is 5.82 Å². The Morgan fingerprint density at radius 1 is 1.04 bits per heavy atom. The summed E-state index contributed by atoms with van der Waals surface area (Å²) in [4.78, 5) is 16.1. The van der Waals surface area contributed by atoms with E-state index >= 15 is 0 Å². The number of benzene rings is 2. The second-order valence-corrected chi connectivity index (χ2v) is 6.10. The van der Waals surface area contributed by atoms with Gasteiger partial charge in [-0.2, -0.15) is 0 Å². The van der Waals surface area contributed by atoms with E-state index in [1.165, 1.54) is 6.07 Å². The average Bonchev–Trinajstić information content (AvgIpc) is 2.71. The third-order valence-electron chi connectivity index (χ3n) is 4.14. The molecule has 28 heavy (non-hydrogen) atoms. The van der Waals surface area contributed by atoms with E-state index in [1.807, 2.05) is 60.7 Å². The summed E-state index contributed by atoms with van der Waals surface area (Å²) >= 11 is 0. The molecular formula is C21H23N5O2. The quantitative estimate of drug-likeness (QED) is 0.516. The minimum Gasteiger partial charge on any atom is -0.450 e. The molecule has 0 unspecified atom stereocenters. The fraction of sp³-hybridized carbons (Fsp3) is 0.143. The first-order chi connectivity index (χ1) is 13.6. The van der Waals surface area contributed by atoms with Crippen LogP contribution in [0.25, 0.3) is 0 Å². The average molecular weight is 377 g/mol. The zero-order valence-corrected chi connectivity index (χ0v) is 15.6. The number of hydrogen-bond donors (Lipinski definition) is 4. The van der Waals surface area contributed by atoms with Gasteiger partial charge >= 0.3 is 6.09 Å². The second-order valence-electron chi connectivity index (χ2n) is 6.10. The van der Waals surface area contributed by atoms with Crippen molar-refractivity contribution in [2.75, 3.05) is 28.7 Å². The number of nitrogens with two attached hydrogens (primary N) is 2. The highest BCUT2D eigenvalue weighted by atomic mass is 16.5. The number of carbonyl (C=O) groups is 1. The van der Waals surface area contributed by atoms with Crippen LogP contribution in [-0.2, 0) is 4.74 Å². The molecule has 144 valence electrons. The molecule has 6 N–H and O–H groups in total. The van der Waals surface area contributed by atoms with Crippen molar-refractivity contribution in [1.82, 2.24) is 4.98 Å². The summed E-state index contributed by atoms with van der Waals surface area (Å²) in [7, 11) is 0. The molecule has 2 aromatic carbocycles. The van der Waals surface area contributed by atoms with Gasteiger partial charge in [-0.05, 0) is 18.1 Å². The molecule has 0 radical (unpaired) electrons. The van der Waals surface area contributed by atoms with Crippen molar-refractivity contribution >= 4 is 29.1 Å². The smallest absolute Gasteiger partial charge is 0.412 e. The van der Waals surface area contributed by atoms with Gasteiger partial charge in [0.25, 0.3) is 0 Å². The van der Waals surface area contributed by atoms with Crippen molar-refractivity contribution in [3.8, 4) is 0 Å².